The summed E-state index contributed by atoms with van der Waals surface area (Å²) >= 11 is 0. The van der Waals surface area contributed by atoms with Gasteiger partial charge in [-0.3, -0.25) is 9.69 Å². The van der Waals surface area contributed by atoms with Crippen molar-refractivity contribution in [2.24, 2.45) is 0 Å². The number of phenols is 1. The van der Waals surface area contributed by atoms with E-state index >= 15 is 0 Å². The van der Waals surface area contributed by atoms with Crippen LogP contribution < -0.4 is 0 Å². The fourth-order valence-corrected chi connectivity index (χ4v) is 2.88. The van der Waals surface area contributed by atoms with Crippen molar-refractivity contribution in [3.63, 3.8) is 0 Å². The van der Waals surface area contributed by atoms with E-state index in [4.69, 9.17) is 4.74 Å². The van der Waals surface area contributed by atoms with Crippen molar-refractivity contribution in [3.05, 3.63) is 41.7 Å². The number of aromatic hydroxyl groups is 1. The molecular formula is C17H22N2O3. The van der Waals surface area contributed by atoms with E-state index in [-0.39, 0.29) is 5.91 Å². The third kappa shape index (κ3) is 3.60. The van der Waals surface area contributed by atoms with Gasteiger partial charge in [-0.05, 0) is 36.6 Å². The summed E-state index contributed by atoms with van der Waals surface area (Å²) in [6.45, 7) is 4.57. The van der Waals surface area contributed by atoms with Crippen LogP contribution in [0.5, 0.6) is 5.75 Å². The van der Waals surface area contributed by atoms with Crippen molar-refractivity contribution in [1.29, 1.82) is 0 Å². The van der Waals surface area contributed by atoms with Gasteiger partial charge in [-0.15, -0.1) is 0 Å². The molecule has 22 heavy (non-hydrogen) atoms. The minimum atomic E-state index is 0.0247. The fraction of sp³-hybridized carbons (Fsp3) is 0.471. The summed E-state index contributed by atoms with van der Waals surface area (Å²) in [4.78, 5) is 16.5. The molecule has 1 fully saturated rings. The molecule has 0 aliphatic carbocycles. The molecule has 2 aliphatic rings. The van der Waals surface area contributed by atoms with Crippen LogP contribution in [-0.2, 0) is 16.1 Å². The Labute approximate surface area is 130 Å². The van der Waals surface area contributed by atoms with Gasteiger partial charge < -0.3 is 14.7 Å². The second-order valence-electron chi connectivity index (χ2n) is 5.80. The third-order valence-electron chi connectivity index (χ3n) is 4.12. The Morgan fingerprint density at radius 1 is 1.23 bits per heavy atom. The number of allylic oxidation sites excluding steroid dienone is 1. The van der Waals surface area contributed by atoms with Crippen LogP contribution in [0, 0.1) is 0 Å². The van der Waals surface area contributed by atoms with Crippen molar-refractivity contribution in [1.82, 2.24) is 9.80 Å². The molecular weight excluding hydrogens is 280 g/mol. The van der Waals surface area contributed by atoms with Crippen molar-refractivity contribution in [2.45, 2.75) is 19.4 Å². The largest absolute Gasteiger partial charge is 0.508 e. The summed E-state index contributed by atoms with van der Waals surface area (Å²) in [6, 6.07) is 7.34. The molecule has 5 heteroatoms. The standard InChI is InChI=1S/C17H22N2O3/c20-15-5-3-4-14(12-15)13-18-7-9-19(10-8-18)17(21)16-6-1-2-11-22-16/h3-6,12,20H,1-2,7-11,13H2. The molecule has 1 saturated heterocycles. The van der Waals surface area contributed by atoms with Crippen LogP contribution >= 0.6 is 0 Å². The topological polar surface area (TPSA) is 53.0 Å². The molecule has 0 aromatic heterocycles. The number of rotatable bonds is 3. The molecule has 2 heterocycles. The summed E-state index contributed by atoms with van der Waals surface area (Å²) in [5.41, 5.74) is 1.10. The van der Waals surface area contributed by atoms with Gasteiger partial charge in [0.25, 0.3) is 5.91 Å². The van der Waals surface area contributed by atoms with Crippen LogP contribution in [-0.4, -0.2) is 53.6 Å². The number of hydrogen-bond acceptors (Lipinski definition) is 4. The number of carbonyl (C=O) groups is 1. The minimum Gasteiger partial charge on any atom is -0.508 e. The van der Waals surface area contributed by atoms with E-state index in [1.54, 1.807) is 12.1 Å². The first-order valence-electron chi connectivity index (χ1n) is 7.85. The average molecular weight is 302 g/mol. The Morgan fingerprint density at radius 2 is 2.05 bits per heavy atom. The van der Waals surface area contributed by atoms with Gasteiger partial charge in [-0.25, -0.2) is 0 Å². The molecule has 0 radical (unpaired) electrons. The lowest BCUT2D eigenvalue weighted by molar-refractivity contribution is -0.133. The van der Waals surface area contributed by atoms with E-state index in [0.717, 1.165) is 51.1 Å². The van der Waals surface area contributed by atoms with Crippen molar-refractivity contribution in [2.75, 3.05) is 32.8 Å². The highest BCUT2D eigenvalue weighted by Crippen LogP contribution is 2.17. The molecule has 1 amide bonds. The van der Waals surface area contributed by atoms with Gasteiger partial charge in [-0.1, -0.05) is 12.1 Å². The third-order valence-corrected chi connectivity index (χ3v) is 4.12. The number of hydrogen-bond donors (Lipinski definition) is 1. The minimum absolute atomic E-state index is 0.0247. The molecule has 3 rings (SSSR count). The lowest BCUT2D eigenvalue weighted by Gasteiger charge is -2.35. The molecule has 5 nitrogen and oxygen atoms in total. The SMILES string of the molecule is O=C(C1=CCCCO1)N1CCN(Cc2cccc(O)c2)CC1. The van der Waals surface area contributed by atoms with Crippen LogP contribution in [0.1, 0.15) is 18.4 Å². The fourth-order valence-electron chi connectivity index (χ4n) is 2.88. The Hall–Kier alpha value is -2.01. The van der Waals surface area contributed by atoms with Gasteiger partial charge in [0.1, 0.15) is 5.75 Å². The molecule has 2 aliphatic heterocycles. The Kier molecular flexibility index (Phi) is 4.63. The van der Waals surface area contributed by atoms with Crippen LogP contribution in [0.3, 0.4) is 0 Å². The summed E-state index contributed by atoms with van der Waals surface area (Å²) in [6.07, 6.45) is 3.83. The van der Waals surface area contributed by atoms with E-state index in [1.165, 1.54) is 0 Å². The molecule has 118 valence electrons. The molecule has 0 unspecified atom stereocenters. The van der Waals surface area contributed by atoms with Crippen LogP contribution in [0.15, 0.2) is 36.1 Å². The smallest absolute Gasteiger partial charge is 0.288 e. The van der Waals surface area contributed by atoms with E-state index in [9.17, 15) is 9.90 Å². The van der Waals surface area contributed by atoms with Gasteiger partial charge in [0.05, 0.1) is 6.61 Å². The van der Waals surface area contributed by atoms with Gasteiger partial charge in [0, 0.05) is 32.7 Å². The van der Waals surface area contributed by atoms with E-state index in [1.807, 2.05) is 23.1 Å². The predicted octanol–water partition coefficient (Wildman–Crippen LogP) is 1.73. The Bertz CT molecular complexity index is 563. The summed E-state index contributed by atoms with van der Waals surface area (Å²) in [5, 5.41) is 9.51. The molecule has 0 saturated carbocycles. The van der Waals surface area contributed by atoms with Gasteiger partial charge >= 0.3 is 0 Å². The number of ether oxygens (including phenoxy) is 1. The van der Waals surface area contributed by atoms with Crippen LogP contribution in [0.4, 0.5) is 0 Å². The quantitative estimate of drug-likeness (QED) is 0.924. The predicted molar refractivity (Wildman–Crippen MR) is 83.2 cm³/mol. The highest BCUT2D eigenvalue weighted by molar-refractivity contribution is 5.91. The number of nitrogens with zero attached hydrogens (tertiary/aromatic N) is 2. The molecule has 1 aromatic rings. The van der Waals surface area contributed by atoms with Crippen LogP contribution in [0.2, 0.25) is 0 Å². The zero-order valence-electron chi connectivity index (χ0n) is 12.7. The zero-order chi connectivity index (χ0) is 15.4. The maximum Gasteiger partial charge on any atom is 0.288 e. The number of phenolic OH excluding ortho intramolecular Hbond substituents is 1. The monoisotopic (exact) mass is 302 g/mol. The summed E-state index contributed by atoms with van der Waals surface area (Å²) in [7, 11) is 0. The molecule has 0 atom stereocenters. The average Bonchev–Trinajstić information content (AvgIpc) is 2.56. The highest BCUT2D eigenvalue weighted by atomic mass is 16.5. The maximum atomic E-state index is 12.3. The number of benzene rings is 1. The molecule has 1 N–H and O–H groups in total. The molecule has 0 spiro atoms. The first-order chi connectivity index (χ1) is 10.7. The number of piperazine rings is 1. The highest BCUT2D eigenvalue weighted by Gasteiger charge is 2.25. The summed E-state index contributed by atoms with van der Waals surface area (Å²) in [5.74, 6) is 0.845. The van der Waals surface area contributed by atoms with Crippen molar-refractivity contribution >= 4 is 5.91 Å². The second-order valence-corrected chi connectivity index (χ2v) is 5.80. The Balaban J connectivity index is 1.52. The zero-order valence-corrected chi connectivity index (χ0v) is 12.7. The van der Waals surface area contributed by atoms with Gasteiger partial charge in [-0.2, -0.15) is 0 Å². The van der Waals surface area contributed by atoms with E-state index < -0.39 is 0 Å². The first kappa shape index (κ1) is 14.9. The number of carbonyl (C=O) groups excluding carboxylic acids is 1. The van der Waals surface area contributed by atoms with Gasteiger partial charge in [0.2, 0.25) is 0 Å². The Morgan fingerprint density at radius 3 is 2.73 bits per heavy atom. The molecule has 0 bridgehead atoms. The van der Waals surface area contributed by atoms with Crippen LogP contribution in [0.25, 0.3) is 0 Å². The van der Waals surface area contributed by atoms with Crippen molar-refractivity contribution < 1.29 is 14.6 Å². The normalized spacial score (nSPS) is 19.5. The summed E-state index contributed by atoms with van der Waals surface area (Å²) < 4.78 is 5.46. The van der Waals surface area contributed by atoms with Crippen molar-refractivity contribution in [3.8, 4) is 5.75 Å². The second kappa shape index (κ2) is 6.83. The molecule has 1 aromatic carbocycles. The maximum absolute atomic E-state index is 12.3. The number of amides is 1. The van der Waals surface area contributed by atoms with E-state index in [2.05, 4.69) is 4.90 Å². The van der Waals surface area contributed by atoms with Gasteiger partial charge in [0.15, 0.2) is 5.76 Å². The first-order valence-corrected chi connectivity index (χ1v) is 7.85. The lowest BCUT2D eigenvalue weighted by Crippen LogP contribution is -2.49. The van der Waals surface area contributed by atoms with E-state index in [0.29, 0.717) is 18.1 Å². The lowest BCUT2D eigenvalue weighted by atomic mass is 10.2.